The van der Waals surface area contributed by atoms with Gasteiger partial charge in [-0.3, -0.25) is 0 Å². The first-order valence-corrected chi connectivity index (χ1v) is 7.44. The molecule has 112 valence electrons. The highest BCUT2D eigenvalue weighted by molar-refractivity contribution is 5.70. The summed E-state index contributed by atoms with van der Waals surface area (Å²) in [5.74, 6) is 0.819. The largest absolute Gasteiger partial charge is 0.491 e. The van der Waals surface area contributed by atoms with Crippen molar-refractivity contribution in [1.29, 1.82) is 0 Å². The average Bonchev–Trinajstić information content (AvgIpc) is 2.36. The number of hydrogen-bond acceptors (Lipinski definition) is 2. The van der Waals surface area contributed by atoms with Gasteiger partial charge in [0.15, 0.2) is 0 Å². The first-order chi connectivity index (χ1) is 9.75. The molecule has 0 fully saturated rings. The van der Waals surface area contributed by atoms with Crippen LogP contribution in [-0.4, -0.2) is 6.10 Å². The van der Waals surface area contributed by atoms with E-state index in [4.69, 9.17) is 10.5 Å². The highest BCUT2D eigenvalue weighted by atomic mass is 16.5. The number of ether oxygens (including phenoxy) is 1. The SMILES string of the molecule is CC(C)Oc1cc(N)cc(-c2ccc(C(C)(C)C)cc2)c1. The summed E-state index contributed by atoms with van der Waals surface area (Å²) in [7, 11) is 0. The van der Waals surface area contributed by atoms with E-state index in [9.17, 15) is 0 Å². The zero-order valence-electron chi connectivity index (χ0n) is 13.6. The topological polar surface area (TPSA) is 35.2 Å². The van der Waals surface area contributed by atoms with Crippen molar-refractivity contribution < 1.29 is 4.74 Å². The Morgan fingerprint density at radius 3 is 2.05 bits per heavy atom. The summed E-state index contributed by atoms with van der Waals surface area (Å²) in [5.41, 5.74) is 10.5. The van der Waals surface area contributed by atoms with Crippen LogP contribution in [0.25, 0.3) is 11.1 Å². The molecule has 2 N–H and O–H groups in total. The van der Waals surface area contributed by atoms with Gasteiger partial charge >= 0.3 is 0 Å². The molecule has 2 rings (SSSR count). The number of benzene rings is 2. The van der Waals surface area contributed by atoms with Crippen LogP contribution in [0.15, 0.2) is 42.5 Å². The van der Waals surface area contributed by atoms with E-state index in [1.807, 2.05) is 32.0 Å². The van der Waals surface area contributed by atoms with Gasteiger partial charge in [-0.05, 0) is 48.1 Å². The van der Waals surface area contributed by atoms with E-state index in [0.29, 0.717) is 0 Å². The van der Waals surface area contributed by atoms with Crippen LogP contribution in [0.3, 0.4) is 0 Å². The van der Waals surface area contributed by atoms with Crippen LogP contribution >= 0.6 is 0 Å². The first-order valence-electron chi connectivity index (χ1n) is 7.44. The van der Waals surface area contributed by atoms with E-state index in [-0.39, 0.29) is 11.5 Å². The van der Waals surface area contributed by atoms with Gasteiger partial charge in [0.05, 0.1) is 6.10 Å². The molecule has 0 aliphatic rings. The summed E-state index contributed by atoms with van der Waals surface area (Å²) >= 11 is 0. The van der Waals surface area contributed by atoms with Crippen molar-refractivity contribution >= 4 is 5.69 Å². The lowest BCUT2D eigenvalue weighted by Crippen LogP contribution is -2.10. The lowest BCUT2D eigenvalue weighted by Gasteiger charge is -2.19. The molecule has 0 aliphatic heterocycles. The molecule has 0 unspecified atom stereocenters. The van der Waals surface area contributed by atoms with Crippen molar-refractivity contribution in [2.75, 3.05) is 5.73 Å². The predicted molar refractivity (Wildman–Crippen MR) is 90.8 cm³/mol. The Hall–Kier alpha value is -1.96. The Bertz CT molecular complexity index is 606. The lowest BCUT2D eigenvalue weighted by atomic mass is 9.86. The Labute approximate surface area is 127 Å². The van der Waals surface area contributed by atoms with Crippen LogP contribution in [-0.2, 0) is 5.41 Å². The molecule has 2 nitrogen and oxygen atoms in total. The van der Waals surface area contributed by atoms with Gasteiger partial charge in [-0.25, -0.2) is 0 Å². The summed E-state index contributed by atoms with van der Waals surface area (Å²) < 4.78 is 5.76. The Kier molecular flexibility index (Phi) is 4.26. The van der Waals surface area contributed by atoms with Crippen molar-refractivity contribution in [2.24, 2.45) is 0 Å². The van der Waals surface area contributed by atoms with E-state index in [2.05, 4.69) is 45.0 Å². The number of nitrogen functional groups attached to an aromatic ring is 1. The second kappa shape index (κ2) is 5.80. The van der Waals surface area contributed by atoms with Crippen LogP contribution in [0.4, 0.5) is 5.69 Å². The average molecular weight is 283 g/mol. The fraction of sp³-hybridized carbons (Fsp3) is 0.368. The van der Waals surface area contributed by atoms with E-state index >= 15 is 0 Å². The lowest BCUT2D eigenvalue weighted by molar-refractivity contribution is 0.242. The number of nitrogens with two attached hydrogens (primary N) is 1. The molecule has 0 bridgehead atoms. The maximum absolute atomic E-state index is 5.99. The van der Waals surface area contributed by atoms with Crippen LogP contribution in [0.2, 0.25) is 0 Å². The molecule has 0 radical (unpaired) electrons. The number of anilines is 1. The molecular weight excluding hydrogens is 258 g/mol. The first kappa shape index (κ1) is 15.4. The molecule has 0 atom stereocenters. The third-order valence-electron chi connectivity index (χ3n) is 3.38. The van der Waals surface area contributed by atoms with Crippen LogP contribution in [0.5, 0.6) is 5.75 Å². The molecule has 0 heterocycles. The molecule has 2 aromatic carbocycles. The second-order valence-corrected chi connectivity index (χ2v) is 6.78. The van der Waals surface area contributed by atoms with Crippen molar-refractivity contribution in [3.63, 3.8) is 0 Å². The third-order valence-corrected chi connectivity index (χ3v) is 3.38. The van der Waals surface area contributed by atoms with E-state index in [1.54, 1.807) is 0 Å². The Morgan fingerprint density at radius 1 is 0.905 bits per heavy atom. The van der Waals surface area contributed by atoms with Gasteiger partial charge in [-0.15, -0.1) is 0 Å². The van der Waals surface area contributed by atoms with Gasteiger partial charge in [-0.2, -0.15) is 0 Å². The normalized spacial score (nSPS) is 11.7. The van der Waals surface area contributed by atoms with E-state index < -0.39 is 0 Å². The van der Waals surface area contributed by atoms with Crippen LogP contribution in [0.1, 0.15) is 40.2 Å². The molecule has 0 saturated heterocycles. The highest BCUT2D eigenvalue weighted by Gasteiger charge is 2.13. The molecule has 0 saturated carbocycles. The molecule has 0 spiro atoms. The van der Waals surface area contributed by atoms with Gasteiger partial charge in [0.1, 0.15) is 5.75 Å². The molecule has 0 aromatic heterocycles. The maximum atomic E-state index is 5.99. The minimum atomic E-state index is 0.142. The molecule has 2 aromatic rings. The highest BCUT2D eigenvalue weighted by Crippen LogP contribution is 2.30. The van der Waals surface area contributed by atoms with Crippen LogP contribution < -0.4 is 10.5 Å². The fourth-order valence-electron chi connectivity index (χ4n) is 2.29. The summed E-state index contributed by atoms with van der Waals surface area (Å²) in [6.45, 7) is 10.7. The van der Waals surface area contributed by atoms with Crippen LogP contribution in [0, 0.1) is 0 Å². The van der Waals surface area contributed by atoms with Crippen molar-refractivity contribution in [3.05, 3.63) is 48.0 Å². The quantitative estimate of drug-likeness (QED) is 0.803. The fourth-order valence-corrected chi connectivity index (χ4v) is 2.29. The van der Waals surface area contributed by atoms with Crippen molar-refractivity contribution in [1.82, 2.24) is 0 Å². The molecule has 21 heavy (non-hydrogen) atoms. The van der Waals surface area contributed by atoms with Crippen molar-refractivity contribution in [2.45, 2.75) is 46.1 Å². The van der Waals surface area contributed by atoms with Gasteiger partial charge in [0, 0.05) is 11.8 Å². The molecule has 2 heteroatoms. The smallest absolute Gasteiger partial charge is 0.122 e. The molecular formula is C19H25NO. The number of hydrogen-bond donors (Lipinski definition) is 1. The standard InChI is InChI=1S/C19H25NO/c1-13(2)21-18-11-15(10-17(20)12-18)14-6-8-16(9-7-14)19(3,4)5/h6-13H,20H2,1-5H3. The van der Waals surface area contributed by atoms with E-state index in [1.165, 1.54) is 5.56 Å². The zero-order chi connectivity index (χ0) is 15.6. The molecule has 0 aliphatic carbocycles. The minimum Gasteiger partial charge on any atom is -0.491 e. The summed E-state index contributed by atoms with van der Waals surface area (Å²) in [5, 5.41) is 0. The van der Waals surface area contributed by atoms with Gasteiger partial charge < -0.3 is 10.5 Å². The summed E-state index contributed by atoms with van der Waals surface area (Å²) in [6, 6.07) is 14.6. The molecule has 0 amide bonds. The Morgan fingerprint density at radius 2 is 1.52 bits per heavy atom. The van der Waals surface area contributed by atoms with Gasteiger partial charge in [0.2, 0.25) is 0 Å². The Balaban J connectivity index is 2.35. The third kappa shape index (κ3) is 4.01. The minimum absolute atomic E-state index is 0.142. The zero-order valence-corrected chi connectivity index (χ0v) is 13.6. The van der Waals surface area contributed by atoms with Gasteiger partial charge in [-0.1, -0.05) is 45.0 Å². The maximum Gasteiger partial charge on any atom is 0.122 e. The summed E-state index contributed by atoms with van der Waals surface area (Å²) in [6.07, 6.45) is 0.142. The predicted octanol–water partition coefficient (Wildman–Crippen LogP) is 5.02. The monoisotopic (exact) mass is 283 g/mol. The van der Waals surface area contributed by atoms with Crippen molar-refractivity contribution in [3.8, 4) is 16.9 Å². The second-order valence-electron chi connectivity index (χ2n) is 6.78. The number of rotatable bonds is 3. The van der Waals surface area contributed by atoms with E-state index in [0.717, 1.165) is 22.6 Å². The van der Waals surface area contributed by atoms with Gasteiger partial charge in [0.25, 0.3) is 0 Å². The summed E-state index contributed by atoms with van der Waals surface area (Å²) in [4.78, 5) is 0.